The highest BCUT2D eigenvalue weighted by molar-refractivity contribution is 7.23. The molecule has 1 atom stereocenters. The summed E-state index contributed by atoms with van der Waals surface area (Å²) in [5.41, 5.74) is 6.09. The number of hydrogen-bond donors (Lipinski definition) is 1. The number of allylic oxidation sites excluding steroid dienone is 1. The molecule has 0 fully saturated rings. The molecule has 0 spiro atoms. The van der Waals surface area contributed by atoms with E-state index in [-0.39, 0.29) is 6.29 Å². The van der Waals surface area contributed by atoms with Crippen molar-refractivity contribution < 1.29 is 0 Å². The van der Waals surface area contributed by atoms with Crippen LogP contribution < -0.4 is 10.2 Å². The summed E-state index contributed by atoms with van der Waals surface area (Å²) in [5.74, 6) is 0. The third-order valence-corrected chi connectivity index (χ3v) is 9.44. The zero-order chi connectivity index (χ0) is 26.2. The highest BCUT2D eigenvalue weighted by atomic mass is 32.1. The van der Waals surface area contributed by atoms with E-state index in [4.69, 9.17) is 4.99 Å². The molecule has 7 aromatic rings. The van der Waals surface area contributed by atoms with Crippen LogP contribution in [0.25, 0.3) is 59.1 Å². The number of fused-ring (bicyclic) bond motifs is 8. The number of anilines is 2. The molecule has 188 valence electrons. The van der Waals surface area contributed by atoms with Crippen molar-refractivity contribution in [3.05, 3.63) is 127 Å². The first-order valence-electron chi connectivity index (χ1n) is 13.6. The predicted octanol–water partition coefficient (Wildman–Crippen LogP) is 9.67. The molecule has 2 aliphatic rings. The van der Waals surface area contributed by atoms with Crippen molar-refractivity contribution in [2.45, 2.75) is 6.29 Å². The second kappa shape index (κ2) is 8.28. The van der Waals surface area contributed by atoms with Crippen LogP contribution in [0, 0.1) is 0 Å². The number of hydrogen-bond acceptors (Lipinski definition) is 4. The Bertz CT molecular complexity index is 2160. The van der Waals surface area contributed by atoms with E-state index in [0.29, 0.717) is 0 Å². The zero-order valence-electron chi connectivity index (χ0n) is 21.5. The lowest BCUT2D eigenvalue weighted by atomic mass is 9.85. The summed E-state index contributed by atoms with van der Waals surface area (Å²) in [6.07, 6.45) is 4.23. The van der Waals surface area contributed by atoms with Crippen LogP contribution in [0.3, 0.4) is 0 Å². The second-order valence-electron chi connectivity index (χ2n) is 10.4. The largest absolute Gasteiger partial charge is 0.344 e. The predicted molar refractivity (Wildman–Crippen MR) is 173 cm³/mol. The Kier molecular flexibility index (Phi) is 4.54. The van der Waals surface area contributed by atoms with Crippen LogP contribution in [-0.4, -0.2) is 12.5 Å². The summed E-state index contributed by atoms with van der Waals surface area (Å²) in [4.78, 5) is 7.31. The first-order valence-corrected chi connectivity index (χ1v) is 14.4. The molecule has 0 bridgehead atoms. The Labute approximate surface area is 235 Å². The average Bonchev–Trinajstić information content (AvgIpc) is 3.55. The lowest BCUT2D eigenvalue weighted by molar-refractivity contribution is 0.801. The first kappa shape index (κ1) is 21.9. The van der Waals surface area contributed by atoms with Crippen molar-refractivity contribution in [3.8, 4) is 11.1 Å². The fraction of sp³-hybridized carbons (Fsp3) is 0.0278. The van der Waals surface area contributed by atoms with Crippen LogP contribution >= 0.6 is 11.3 Å². The smallest absolute Gasteiger partial charge is 0.201 e. The molecule has 0 aliphatic carbocycles. The van der Waals surface area contributed by atoms with Crippen LogP contribution in [0.4, 0.5) is 10.7 Å². The minimum Gasteiger partial charge on any atom is -0.344 e. The van der Waals surface area contributed by atoms with Crippen molar-refractivity contribution in [1.82, 2.24) is 0 Å². The van der Waals surface area contributed by atoms with E-state index in [1.54, 1.807) is 0 Å². The van der Waals surface area contributed by atoms with Gasteiger partial charge in [-0.1, -0.05) is 109 Å². The lowest BCUT2D eigenvalue weighted by Gasteiger charge is -2.26. The molecule has 3 heterocycles. The van der Waals surface area contributed by atoms with Gasteiger partial charge in [0.1, 0.15) is 5.00 Å². The molecule has 2 aliphatic heterocycles. The maximum atomic E-state index is 5.01. The number of nitrogens with one attached hydrogen (secondary N) is 1. The van der Waals surface area contributed by atoms with E-state index >= 15 is 0 Å². The van der Waals surface area contributed by atoms with Gasteiger partial charge in [-0.05, 0) is 49.5 Å². The van der Waals surface area contributed by atoms with Crippen molar-refractivity contribution >= 4 is 76.2 Å². The van der Waals surface area contributed by atoms with Crippen molar-refractivity contribution in [3.63, 3.8) is 0 Å². The zero-order valence-corrected chi connectivity index (χ0v) is 22.3. The minimum absolute atomic E-state index is 0.109. The number of benzene rings is 6. The molecule has 1 aromatic heterocycles. The van der Waals surface area contributed by atoms with E-state index < -0.39 is 0 Å². The van der Waals surface area contributed by atoms with Crippen molar-refractivity contribution in [1.29, 1.82) is 0 Å². The maximum Gasteiger partial charge on any atom is 0.201 e. The van der Waals surface area contributed by atoms with Crippen molar-refractivity contribution in [2.75, 3.05) is 10.2 Å². The fourth-order valence-electron chi connectivity index (χ4n) is 6.54. The van der Waals surface area contributed by atoms with E-state index in [9.17, 15) is 0 Å². The molecular weight excluding hydrogens is 506 g/mol. The summed E-state index contributed by atoms with van der Waals surface area (Å²) < 4.78 is 1.29. The Balaban J connectivity index is 1.33. The van der Waals surface area contributed by atoms with Gasteiger partial charge in [0.15, 0.2) is 0 Å². The molecular formula is C36H23N3S. The molecule has 9 rings (SSSR count). The van der Waals surface area contributed by atoms with Gasteiger partial charge in [0.25, 0.3) is 0 Å². The Morgan fingerprint density at radius 3 is 1.95 bits per heavy atom. The molecule has 40 heavy (non-hydrogen) atoms. The molecule has 1 N–H and O–H groups in total. The third kappa shape index (κ3) is 3.02. The van der Waals surface area contributed by atoms with Gasteiger partial charge < -0.3 is 5.32 Å². The van der Waals surface area contributed by atoms with E-state index in [2.05, 4.69) is 138 Å². The summed E-state index contributed by atoms with van der Waals surface area (Å²) in [6.45, 7) is 0. The lowest BCUT2D eigenvalue weighted by Crippen LogP contribution is -2.32. The monoisotopic (exact) mass is 529 g/mol. The van der Waals surface area contributed by atoms with E-state index in [1.165, 1.54) is 69.8 Å². The quantitative estimate of drug-likeness (QED) is 0.226. The first-order chi connectivity index (χ1) is 19.8. The SMILES string of the molecule is C1=NC2Nc3c(sc4ccccc34)N2C=C1c1c2ccccc2c(-c2cccc3ccccc23)c2ccccc12. The Morgan fingerprint density at radius 2 is 1.20 bits per heavy atom. The fourth-order valence-corrected chi connectivity index (χ4v) is 7.70. The van der Waals surface area contributed by atoms with Gasteiger partial charge in [0, 0.05) is 33.6 Å². The molecule has 1 unspecified atom stereocenters. The maximum absolute atomic E-state index is 5.01. The second-order valence-corrected chi connectivity index (χ2v) is 11.5. The highest BCUT2D eigenvalue weighted by Gasteiger charge is 2.33. The summed E-state index contributed by atoms with van der Waals surface area (Å²) in [7, 11) is 0. The van der Waals surface area contributed by atoms with Gasteiger partial charge in [-0.25, -0.2) is 4.99 Å². The third-order valence-electron chi connectivity index (χ3n) is 8.26. The minimum atomic E-state index is -0.109. The van der Waals surface area contributed by atoms with Crippen LogP contribution in [-0.2, 0) is 0 Å². The number of aliphatic imine (C=N–C) groups is 1. The van der Waals surface area contributed by atoms with E-state index in [0.717, 1.165) is 5.57 Å². The van der Waals surface area contributed by atoms with Crippen LogP contribution in [0.5, 0.6) is 0 Å². The van der Waals surface area contributed by atoms with Gasteiger partial charge in [0.05, 0.1) is 5.69 Å². The number of rotatable bonds is 2. The molecule has 0 saturated carbocycles. The van der Waals surface area contributed by atoms with E-state index in [1.807, 2.05) is 11.3 Å². The molecule has 4 heteroatoms. The van der Waals surface area contributed by atoms with Crippen LogP contribution in [0.1, 0.15) is 5.56 Å². The summed E-state index contributed by atoms with van der Waals surface area (Å²) in [5, 5.41) is 13.7. The van der Waals surface area contributed by atoms with Gasteiger partial charge >= 0.3 is 0 Å². The molecule has 0 radical (unpaired) electrons. The average molecular weight is 530 g/mol. The van der Waals surface area contributed by atoms with Crippen molar-refractivity contribution in [2.24, 2.45) is 4.99 Å². The van der Waals surface area contributed by atoms with Crippen LogP contribution in [0.15, 0.2) is 126 Å². The Morgan fingerprint density at radius 1 is 0.600 bits per heavy atom. The van der Waals surface area contributed by atoms with Gasteiger partial charge in [-0.15, -0.1) is 11.3 Å². The molecule has 0 saturated heterocycles. The summed E-state index contributed by atoms with van der Waals surface area (Å²) in [6, 6.07) is 41.6. The standard InChI is InChI=1S/C36H23N3S/c1-2-12-24-22(10-1)11-9-18-25(24)33-28-15-5-3-13-26(28)32(27-14-4-6-16-29(27)33)23-20-37-36-38-34-30-17-7-8-19-31(30)40-35(34)39(36)21-23/h1-21,36,38H. The van der Waals surface area contributed by atoms with Gasteiger partial charge in [-0.2, -0.15) is 0 Å². The molecule has 0 amide bonds. The summed E-state index contributed by atoms with van der Waals surface area (Å²) >= 11 is 1.82. The van der Waals surface area contributed by atoms with Crippen LogP contribution in [0.2, 0.25) is 0 Å². The topological polar surface area (TPSA) is 27.6 Å². The Hall–Kier alpha value is -4.93. The number of nitrogens with zero attached hydrogens (tertiary/aromatic N) is 2. The molecule has 6 aromatic carbocycles. The number of thiophene rings is 1. The normalized spacial score (nSPS) is 15.9. The van der Waals surface area contributed by atoms with Gasteiger partial charge in [-0.3, -0.25) is 4.90 Å². The molecule has 3 nitrogen and oxygen atoms in total. The highest BCUT2D eigenvalue weighted by Crippen LogP contribution is 2.50. The van der Waals surface area contributed by atoms with Gasteiger partial charge in [0.2, 0.25) is 6.29 Å².